The first kappa shape index (κ1) is 10.1. The third-order valence-electron chi connectivity index (χ3n) is 1.92. The lowest BCUT2D eigenvalue weighted by molar-refractivity contribution is -0.138. The third kappa shape index (κ3) is 2.01. The van der Waals surface area contributed by atoms with Gasteiger partial charge < -0.3 is 10.8 Å². The van der Waals surface area contributed by atoms with E-state index in [1.54, 1.807) is 25.1 Å². The first-order valence-corrected chi connectivity index (χ1v) is 4.60. The van der Waals surface area contributed by atoms with Crippen molar-refractivity contribution in [3.8, 4) is 0 Å². The number of carboxylic acid groups (broad SMARTS) is 1. The van der Waals surface area contributed by atoms with E-state index in [-0.39, 0.29) is 0 Å². The van der Waals surface area contributed by atoms with E-state index in [0.29, 0.717) is 11.3 Å². The molecule has 3 nitrogen and oxygen atoms in total. The maximum atomic E-state index is 10.7. The van der Waals surface area contributed by atoms with Crippen LogP contribution in [0.5, 0.6) is 0 Å². The molecule has 0 fully saturated rings. The van der Waals surface area contributed by atoms with Gasteiger partial charge in [-0.2, -0.15) is 0 Å². The number of nitrogen functional groups attached to an aromatic ring is 1. The van der Waals surface area contributed by atoms with Gasteiger partial charge in [-0.3, -0.25) is 4.79 Å². The largest absolute Gasteiger partial charge is 0.481 e. The van der Waals surface area contributed by atoms with E-state index in [1.165, 1.54) is 0 Å². The van der Waals surface area contributed by atoms with Crippen LogP contribution in [0.25, 0.3) is 0 Å². The molecule has 0 spiro atoms. The Hall–Kier alpha value is -1.03. The quantitative estimate of drug-likeness (QED) is 0.784. The smallest absolute Gasteiger partial charge is 0.310 e. The van der Waals surface area contributed by atoms with Crippen molar-refractivity contribution < 1.29 is 9.90 Å². The summed E-state index contributed by atoms with van der Waals surface area (Å²) >= 11 is 3.25. The first-order valence-electron chi connectivity index (χ1n) is 3.80. The third-order valence-corrected chi connectivity index (χ3v) is 2.62. The molecule has 1 rings (SSSR count). The van der Waals surface area contributed by atoms with Crippen molar-refractivity contribution in [1.82, 2.24) is 0 Å². The summed E-state index contributed by atoms with van der Waals surface area (Å²) in [5.74, 6) is -1.44. The molecular formula is C9H10BrNO2. The van der Waals surface area contributed by atoms with Crippen LogP contribution in [-0.4, -0.2) is 11.1 Å². The van der Waals surface area contributed by atoms with Gasteiger partial charge in [-0.15, -0.1) is 0 Å². The molecule has 1 atom stereocenters. The second-order valence-corrected chi connectivity index (χ2v) is 3.66. The molecule has 1 aromatic carbocycles. The summed E-state index contributed by atoms with van der Waals surface area (Å²) in [6, 6.07) is 5.28. The Bertz CT molecular complexity index is 338. The Morgan fingerprint density at radius 3 is 2.77 bits per heavy atom. The zero-order valence-electron chi connectivity index (χ0n) is 7.12. The minimum Gasteiger partial charge on any atom is -0.481 e. The lowest BCUT2D eigenvalue weighted by Crippen LogP contribution is -2.09. The minimum atomic E-state index is -0.871. The second kappa shape index (κ2) is 3.79. The van der Waals surface area contributed by atoms with Crippen molar-refractivity contribution in [3.63, 3.8) is 0 Å². The molecule has 70 valence electrons. The molecule has 13 heavy (non-hydrogen) atoms. The van der Waals surface area contributed by atoms with E-state index < -0.39 is 11.9 Å². The molecule has 0 aliphatic heterocycles. The van der Waals surface area contributed by atoms with Gasteiger partial charge in [0.2, 0.25) is 0 Å². The maximum Gasteiger partial charge on any atom is 0.310 e. The number of carboxylic acids is 1. The van der Waals surface area contributed by atoms with E-state index in [1.807, 2.05) is 0 Å². The lowest BCUT2D eigenvalue weighted by atomic mass is 10.00. The van der Waals surface area contributed by atoms with E-state index in [9.17, 15) is 4.79 Å². The van der Waals surface area contributed by atoms with Gasteiger partial charge in [0.1, 0.15) is 0 Å². The number of carbonyl (C=O) groups is 1. The van der Waals surface area contributed by atoms with Gasteiger partial charge >= 0.3 is 5.97 Å². The molecular weight excluding hydrogens is 234 g/mol. The number of hydrogen-bond donors (Lipinski definition) is 2. The van der Waals surface area contributed by atoms with Crippen LogP contribution in [0, 0.1) is 0 Å². The van der Waals surface area contributed by atoms with Crippen LogP contribution >= 0.6 is 15.9 Å². The van der Waals surface area contributed by atoms with Crippen molar-refractivity contribution in [3.05, 3.63) is 28.2 Å². The average Bonchev–Trinajstić information content (AvgIpc) is 2.08. The molecule has 0 amide bonds. The number of rotatable bonds is 2. The average molecular weight is 244 g/mol. The summed E-state index contributed by atoms with van der Waals surface area (Å²) in [5, 5.41) is 8.78. The van der Waals surface area contributed by atoms with Crippen molar-refractivity contribution in [2.24, 2.45) is 0 Å². The Morgan fingerprint density at radius 1 is 1.62 bits per heavy atom. The fourth-order valence-electron chi connectivity index (χ4n) is 1.06. The molecule has 4 heteroatoms. The molecule has 1 aromatic rings. The fraction of sp³-hybridized carbons (Fsp3) is 0.222. The molecule has 0 radical (unpaired) electrons. The van der Waals surface area contributed by atoms with Crippen LogP contribution < -0.4 is 5.73 Å². The molecule has 0 heterocycles. The van der Waals surface area contributed by atoms with Crippen molar-refractivity contribution in [2.45, 2.75) is 12.8 Å². The number of anilines is 1. The molecule has 0 aliphatic carbocycles. The monoisotopic (exact) mass is 243 g/mol. The van der Waals surface area contributed by atoms with E-state index >= 15 is 0 Å². The van der Waals surface area contributed by atoms with Gasteiger partial charge in [0.15, 0.2) is 0 Å². The van der Waals surface area contributed by atoms with Gasteiger partial charge in [-0.05, 0) is 34.5 Å². The highest BCUT2D eigenvalue weighted by Crippen LogP contribution is 2.28. The summed E-state index contributed by atoms with van der Waals surface area (Å²) < 4.78 is 0.734. The van der Waals surface area contributed by atoms with Gasteiger partial charge in [0, 0.05) is 10.2 Å². The highest BCUT2D eigenvalue weighted by Gasteiger charge is 2.16. The molecule has 0 saturated carbocycles. The summed E-state index contributed by atoms with van der Waals surface area (Å²) in [7, 11) is 0. The molecule has 0 saturated heterocycles. The highest BCUT2D eigenvalue weighted by molar-refractivity contribution is 9.10. The first-order chi connectivity index (χ1) is 6.04. The molecule has 1 unspecified atom stereocenters. The molecule has 0 aliphatic rings. The Morgan fingerprint density at radius 2 is 2.23 bits per heavy atom. The SMILES string of the molecule is CC(C(=O)O)c1cccc(Br)c1N. The van der Waals surface area contributed by atoms with Crippen LogP contribution in [0.15, 0.2) is 22.7 Å². The van der Waals surface area contributed by atoms with Crippen LogP contribution in [0.3, 0.4) is 0 Å². The van der Waals surface area contributed by atoms with Gasteiger partial charge in [0.25, 0.3) is 0 Å². The summed E-state index contributed by atoms with van der Waals surface area (Å²) in [6.45, 7) is 1.61. The molecule has 0 aromatic heterocycles. The van der Waals surface area contributed by atoms with Crippen molar-refractivity contribution in [2.75, 3.05) is 5.73 Å². The second-order valence-electron chi connectivity index (χ2n) is 2.80. The Balaban J connectivity index is 3.15. The number of aliphatic carboxylic acids is 1. The summed E-state index contributed by atoms with van der Waals surface area (Å²) in [6.07, 6.45) is 0. The number of hydrogen-bond acceptors (Lipinski definition) is 2. The predicted octanol–water partition coefficient (Wildman–Crippen LogP) is 2.22. The lowest BCUT2D eigenvalue weighted by Gasteiger charge is -2.10. The van der Waals surface area contributed by atoms with Crippen molar-refractivity contribution in [1.29, 1.82) is 0 Å². The van der Waals surface area contributed by atoms with E-state index in [2.05, 4.69) is 15.9 Å². The standard InChI is InChI=1S/C9H10BrNO2/c1-5(9(12)13)6-3-2-4-7(10)8(6)11/h2-5H,11H2,1H3,(H,12,13). The van der Waals surface area contributed by atoms with Gasteiger partial charge in [-0.25, -0.2) is 0 Å². The van der Waals surface area contributed by atoms with Crippen LogP contribution in [0.4, 0.5) is 5.69 Å². The van der Waals surface area contributed by atoms with Gasteiger partial charge in [0.05, 0.1) is 5.92 Å². The zero-order chi connectivity index (χ0) is 10.0. The highest BCUT2D eigenvalue weighted by atomic mass is 79.9. The van der Waals surface area contributed by atoms with Crippen LogP contribution in [-0.2, 0) is 4.79 Å². The fourth-order valence-corrected chi connectivity index (χ4v) is 1.45. The molecule has 0 bridgehead atoms. The predicted molar refractivity (Wildman–Crippen MR) is 54.6 cm³/mol. The number of benzene rings is 1. The maximum absolute atomic E-state index is 10.7. The molecule has 3 N–H and O–H groups in total. The number of para-hydroxylation sites is 1. The summed E-state index contributed by atoms with van der Waals surface area (Å²) in [5.41, 5.74) is 6.85. The van der Waals surface area contributed by atoms with Gasteiger partial charge in [-0.1, -0.05) is 12.1 Å². The normalized spacial score (nSPS) is 12.5. The van der Waals surface area contributed by atoms with E-state index in [4.69, 9.17) is 10.8 Å². The number of halogens is 1. The van der Waals surface area contributed by atoms with Crippen LogP contribution in [0.1, 0.15) is 18.4 Å². The zero-order valence-corrected chi connectivity index (χ0v) is 8.71. The topological polar surface area (TPSA) is 63.3 Å². The van der Waals surface area contributed by atoms with E-state index in [0.717, 1.165) is 4.47 Å². The van der Waals surface area contributed by atoms with Crippen molar-refractivity contribution >= 4 is 27.6 Å². The minimum absolute atomic E-state index is 0.498. The number of nitrogens with two attached hydrogens (primary N) is 1. The Kier molecular flexibility index (Phi) is 2.93. The van der Waals surface area contributed by atoms with Crippen LogP contribution in [0.2, 0.25) is 0 Å². The summed E-state index contributed by atoms with van der Waals surface area (Å²) in [4.78, 5) is 10.7. The Labute approximate surface area is 84.7 Å².